The van der Waals surface area contributed by atoms with Crippen molar-refractivity contribution in [3.05, 3.63) is 29.8 Å². The van der Waals surface area contributed by atoms with Crippen molar-refractivity contribution in [2.45, 2.75) is 11.8 Å². The Morgan fingerprint density at radius 3 is 1.91 bits per heavy atom. The summed E-state index contributed by atoms with van der Waals surface area (Å²) in [4.78, 5) is 18.6. The van der Waals surface area contributed by atoms with Crippen LogP contribution in [-0.4, -0.2) is 34.2 Å². The Kier molecular flexibility index (Phi) is 20.5. The summed E-state index contributed by atoms with van der Waals surface area (Å²) < 4.78 is 35.0. The molecule has 0 heterocycles. The molecule has 0 spiro atoms. The van der Waals surface area contributed by atoms with Crippen molar-refractivity contribution in [2.75, 3.05) is 12.9 Å². The SMILES string of the molecule is Cc1ccc(S(=O)(=O)OCO[C-]=O)cc1.O=[C-]OCCl.[Y].[Y]. The molecular formula is C11H11ClO7SY2-2. The Hall–Kier alpha value is 0.568. The van der Waals surface area contributed by atoms with Crippen LogP contribution in [0.4, 0.5) is 0 Å². The fourth-order valence-corrected chi connectivity index (χ4v) is 1.73. The number of aryl methyl sites for hydroxylation is 1. The van der Waals surface area contributed by atoms with Gasteiger partial charge in [-0.1, -0.05) is 42.2 Å². The first-order valence-electron chi connectivity index (χ1n) is 4.98. The third-order valence-corrected chi connectivity index (χ3v) is 3.11. The molecule has 2 radical (unpaired) electrons. The molecule has 22 heavy (non-hydrogen) atoms. The van der Waals surface area contributed by atoms with Crippen molar-refractivity contribution in [3.8, 4) is 0 Å². The van der Waals surface area contributed by atoms with Crippen molar-refractivity contribution in [1.29, 1.82) is 0 Å². The average molecular weight is 501 g/mol. The van der Waals surface area contributed by atoms with Gasteiger partial charge in [0.05, 0.1) is 4.90 Å². The number of hydrogen-bond acceptors (Lipinski definition) is 7. The van der Waals surface area contributed by atoms with Gasteiger partial charge in [-0.15, -0.1) is 0 Å². The van der Waals surface area contributed by atoms with Crippen molar-refractivity contribution in [2.24, 2.45) is 0 Å². The van der Waals surface area contributed by atoms with Gasteiger partial charge in [-0.3, -0.25) is 0 Å². The first kappa shape index (κ1) is 27.4. The maximum Gasteiger partial charge on any atom is 0.299 e. The molecule has 1 rings (SSSR count). The molecule has 7 nitrogen and oxygen atoms in total. The Labute approximate surface area is 184 Å². The zero-order valence-corrected chi connectivity index (χ0v) is 18.8. The van der Waals surface area contributed by atoms with E-state index in [1.165, 1.54) is 12.1 Å². The Balaban J connectivity index is -0.000000452. The Bertz CT molecular complexity index is 508. The van der Waals surface area contributed by atoms with Crippen LogP contribution in [-0.2, 0) is 98.8 Å². The number of hydrogen-bond donors (Lipinski definition) is 0. The van der Waals surface area contributed by atoms with E-state index in [1.54, 1.807) is 12.1 Å². The van der Waals surface area contributed by atoms with Gasteiger partial charge >= 0.3 is 0 Å². The van der Waals surface area contributed by atoms with Gasteiger partial charge in [0.2, 0.25) is 0 Å². The summed E-state index contributed by atoms with van der Waals surface area (Å²) in [6.07, 6.45) is 0. The van der Waals surface area contributed by atoms with Crippen LogP contribution >= 0.6 is 11.6 Å². The van der Waals surface area contributed by atoms with E-state index in [0.29, 0.717) is 0 Å². The van der Waals surface area contributed by atoms with E-state index >= 15 is 0 Å². The summed E-state index contributed by atoms with van der Waals surface area (Å²) in [5.41, 5.74) is 0.937. The molecule has 118 valence electrons. The van der Waals surface area contributed by atoms with Crippen molar-refractivity contribution in [3.63, 3.8) is 0 Å². The second kappa shape index (κ2) is 16.4. The van der Waals surface area contributed by atoms with E-state index in [9.17, 15) is 13.2 Å². The molecule has 0 aliphatic rings. The first-order valence-corrected chi connectivity index (χ1v) is 6.92. The normalized spacial score (nSPS) is 9.00. The average Bonchev–Trinajstić information content (AvgIpc) is 2.41. The van der Waals surface area contributed by atoms with Crippen LogP contribution in [0.2, 0.25) is 0 Å². The third-order valence-electron chi connectivity index (χ3n) is 1.74. The number of alkyl halides is 1. The molecule has 1 aromatic carbocycles. The van der Waals surface area contributed by atoms with Gasteiger partial charge in [-0.25, -0.2) is 4.18 Å². The van der Waals surface area contributed by atoms with Gasteiger partial charge in [0.25, 0.3) is 10.1 Å². The minimum Gasteiger partial charge on any atom is -0.642 e. The Morgan fingerprint density at radius 2 is 1.55 bits per heavy atom. The van der Waals surface area contributed by atoms with Crippen LogP contribution in [0.25, 0.3) is 0 Å². The van der Waals surface area contributed by atoms with Gasteiger partial charge in [-0.2, -0.15) is 8.42 Å². The smallest absolute Gasteiger partial charge is 0.299 e. The molecule has 0 saturated carbocycles. The van der Waals surface area contributed by atoms with E-state index in [-0.39, 0.29) is 76.4 Å². The summed E-state index contributed by atoms with van der Waals surface area (Å²) in [6.45, 7) is 3.36. The number of rotatable bonds is 7. The fraction of sp³-hybridized carbons (Fsp3) is 0.273. The van der Waals surface area contributed by atoms with Crippen molar-refractivity contribution in [1.82, 2.24) is 0 Å². The summed E-state index contributed by atoms with van der Waals surface area (Å²) in [5.74, 6) is 0. The maximum absolute atomic E-state index is 11.4. The summed E-state index contributed by atoms with van der Waals surface area (Å²) >= 11 is 4.82. The van der Waals surface area contributed by atoms with Gasteiger partial charge in [0, 0.05) is 65.4 Å². The van der Waals surface area contributed by atoms with E-state index in [2.05, 4.69) is 13.7 Å². The second-order valence-corrected chi connectivity index (χ2v) is 4.90. The largest absolute Gasteiger partial charge is 0.642 e. The van der Waals surface area contributed by atoms with Crippen molar-refractivity contribution < 1.29 is 97.1 Å². The van der Waals surface area contributed by atoms with Crippen LogP contribution < -0.4 is 0 Å². The topological polar surface area (TPSA) is 96.0 Å². The van der Waals surface area contributed by atoms with Crippen molar-refractivity contribution >= 4 is 34.7 Å². The number of carbonyl (C=O) groups excluding carboxylic acids is 2. The summed E-state index contributed by atoms with van der Waals surface area (Å²) in [7, 11) is -3.85. The molecule has 0 atom stereocenters. The molecule has 0 unspecified atom stereocenters. The van der Waals surface area contributed by atoms with Gasteiger partial charge < -0.3 is 19.1 Å². The molecule has 0 amide bonds. The summed E-state index contributed by atoms with van der Waals surface area (Å²) in [5, 5.41) is 0. The quantitative estimate of drug-likeness (QED) is 0.181. The molecule has 0 saturated heterocycles. The molecule has 0 aliphatic heterocycles. The van der Waals surface area contributed by atoms with E-state index in [1.807, 2.05) is 6.92 Å². The molecule has 1 aromatic rings. The predicted molar refractivity (Wildman–Crippen MR) is 68.6 cm³/mol. The molecule has 0 N–H and O–H groups in total. The molecular weight excluding hydrogens is 489 g/mol. The van der Waals surface area contributed by atoms with E-state index < -0.39 is 16.9 Å². The first-order chi connectivity index (χ1) is 9.47. The Morgan fingerprint density at radius 1 is 1.05 bits per heavy atom. The minimum absolute atomic E-state index is 0. The zero-order valence-electron chi connectivity index (χ0n) is 11.5. The van der Waals surface area contributed by atoms with Gasteiger partial charge in [0.1, 0.15) is 6.07 Å². The van der Waals surface area contributed by atoms with Crippen LogP contribution in [0.15, 0.2) is 29.2 Å². The van der Waals surface area contributed by atoms with E-state index in [4.69, 9.17) is 16.4 Å². The predicted octanol–water partition coefficient (Wildman–Crippen LogP) is 1.00. The molecule has 11 heteroatoms. The number of ether oxygens (including phenoxy) is 2. The fourth-order valence-electron chi connectivity index (χ4n) is 0.907. The van der Waals surface area contributed by atoms with Crippen LogP contribution in [0.1, 0.15) is 5.56 Å². The maximum atomic E-state index is 11.4. The molecule has 0 aliphatic carbocycles. The standard InChI is InChI=1S/C9H9O5S.C2H2ClO2.2Y/c1-8-2-4-9(5-3-8)15(11,12)14-7-13-6-10;3-1-5-2-4;;/h2-5H,7H2,1H3;1H2;;/q2*-1;;. The van der Waals surface area contributed by atoms with Gasteiger partial charge in [-0.05, 0) is 19.1 Å². The number of benzene rings is 1. The van der Waals surface area contributed by atoms with Crippen LogP contribution in [0.5, 0.6) is 0 Å². The zero-order chi connectivity index (χ0) is 15.4. The molecule has 0 fully saturated rings. The van der Waals surface area contributed by atoms with Gasteiger partial charge in [0.15, 0.2) is 6.79 Å². The monoisotopic (exact) mass is 500 g/mol. The molecule has 0 aromatic heterocycles. The molecule has 0 bridgehead atoms. The number of halogens is 1. The second-order valence-electron chi connectivity index (χ2n) is 3.07. The minimum atomic E-state index is -3.85. The van der Waals surface area contributed by atoms with E-state index in [0.717, 1.165) is 18.5 Å². The van der Waals surface area contributed by atoms with Crippen LogP contribution in [0, 0.1) is 6.92 Å². The third kappa shape index (κ3) is 13.0. The summed E-state index contributed by atoms with van der Waals surface area (Å²) in [6, 6.07) is 6.00. The van der Waals surface area contributed by atoms with Crippen LogP contribution in [0.3, 0.4) is 0 Å².